The maximum absolute atomic E-state index is 13.5. The van der Waals surface area contributed by atoms with Gasteiger partial charge in [-0.2, -0.15) is 0 Å². The molecule has 0 bridgehead atoms. The number of aryl methyl sites for hydroxylation is 1. The zero-order chi connectivity index (χ0) is 26.4. The molecule has 0 amide bonds. The van der Waals surface area contributed by atoms with Gasteiger partial charge in [0.15, 0.2) is 5.76 Å². The Morgan fingerprint density at radius 1 is 1.05 bits per heavy atom. The van der Waals surface area contributed by atoms with Gasteiger partial charge in [0, 0.05) is 59.0 Å². The van der Waals surface area contributed by atoms with E-state index in [0.717, 1.165) is 57.0 Å². The second kappa shape index (κ2) is 9.58. The number of Topliss-reactive ketones (excluding diaryl/α,β-unsaturated/α-hetero) is 1. The molecular weight excluding hydrogens is 480 g/mol. The van der Waals surface area contributed by atoms with Crippen LogP contribution in [0.1, 0.15) is 39.5 Å². The molecule has 0 saturated carbocycles. The van der Waals surface area contributed by atoms with Crippen molar-refractivity contribution in [1.29, 1.82) is 0 Å². The average Bonchev–Trinajstić information content (AvgIpc) is 3.45. The number of carbonyl (C=O) groups is 1. The molecule has 0 unspecified atom stereocenters. The van der Waals surface area contributed by atoms with Crippen LogP contribution >= 0.6 is 0 Å². The molecule has 38 heavy (non-hydrogen) atoms. The molecule has 7 heteroatoms. The molecule has 3 heterocycles. The van der Waals surface area contributed by atoms with Gasteiger partial charge in [-0.15, -0.1) is 0 Å². The first kappa shape index (κ1) is 24.1. The van der Waals surface area contributed by atoms with E-state index >= 15 is 0 Å². The SMILES string of the molecule is CCn1cc(/C=C2\Oc3c(cc4c(c3C)OCN(Cc3ccccc3OC)C4)C2=O)c2cc(OC)ccc21. The summed E-state index contributed by atoms with van der Waals surface area (Å²) >= 11 is 0. The topological polar surface area (TPSA) is 62.2 Å². The van der Waals surface area contributed by atoms with Crippen molar-refractivity contribution in [2.75, 3.05) is 21.0 Å². The van der Waals surface area contributed by atoms with E-state index in [9.17, 15) is 4.79 Å². The molecule has 0 fully saturated rings. The summed E-state index contributed by atoms with van der Waals surface area (Å²) in [7, 11) is 3.33. The first-order chi connectivity index (χ1) is 18.5. The van der Waals surface area contributed by atoms with E-state index in [4.69, 9.17) is 18.9 Å². The smallest absolute Gasteiger partial charge is 0.231 e. The first-order valence-corrected chi connectivity index (χ1v) is 12.7. The maximum Gasteiger partial charge on any atom is 0.231 e. The Hall–Kier alpha value is -4.23. The minimum absolute atomic E-state index is 0.118. The Balaban J connectivity index is 1.32. The second-order valence-electron chi connectivity index (χ2n) is 9.63. The Bertz CT molecular complexity index is 1600. The van der Waals surface area contributed by atoms with Crippen molar-refractivity contribution >= 4 is 22.8 Å². The molecule has 0 aliphatic carbocycles. The van der Waals surface area contributed by atoms with Crippen LogP contribution < -0.4 is 18.9 Å². The molecule has 7 nitrogen and oxygen atoms in total. The Morgan fingerprint density at radius 3 is 2.68 bits per heavy atom. The van der Waals surface area contributed by atoms with Gasteiger partial charge in [-0.3, -0.25) is 9.69 Å². The molecule has 1 aromatic heterocycles. The first-order valence-electron chi connectivity index (χ1n) is 12.7. The predicted octanol–water partition coefficient (Wildman–Crippen LogP) is 5.96. The van der Waals surface area contributed by atoms with Gasteiger partial charge in [0.1, 0.15) is 29.7 Å². The van der Waals surface area contributed by atoms with E-state index in [1.54, 1.807) is 14.2 Å². The fourth-order valence-corrected chi connectivity index (χ4v) is 5.42. The minimum atomic E-state index is -0.118. The van der Waals surface area contributed by atoms with Crippen molar-refractivity contribution in [3.63, 3.8) is 0 Å². The minimum Gasteiger partial charge on any atom is -0.497 e. The quantitative estimate of drug-likeness (QED) is 0.299. The standard InChI is InChI=1S/C31H30N2O5/c1-5-33-17-21(24-14-23(35-3)10-11-26(24)33)13-28-29(34)25-12-22-16-32(15-20-8-6-7-9-27(20)36-4)18-37-30(22)19(2)31(25)38-28/h6-14,17H,5,15-16,18H2,1-4H3/b28-13-. The van der Waals surface area contributed by atoms with Crippen LogP contribution in [0.25, 0.3) is 17.0 Å². The molecule has 2 aliphatic rings. The number of methoxy groups -OCH3 is 2. The van der Waals surface area contributed by atoms with Crippen molar-refractivity contribution in [2.45, 2.75) is 33.5 Å². The summed E-state index contributed by atoms with van der Waals surface area (Å²) in [5.41, 5.74) is 5.49. The van der Waals surface area contributed by atoms with Gasteiger partial charge in [0.2, 0.25) is 5.78 Å². The molecule has 4 aromatic rings. The van der Waals surface area contributed by atoms with Gasteiger partial charge in [0.25, 0.3) is 0 Å². The lowest BCUT2D eigenvalue weighted by Gasteiger charge is -2.30. The molecular formula is C31H30N2O5. The lowest BCUT2D eigenvalue weighted by molar-refractivity contribution is 0.0869. The number of fused-ring (bicyclic) bond motifs is 3. The largest absolute Gasteiger partial charge is 0.497 e. The number of benzene rings is 3. The van der Waals surface area contributed by atoms with Crippen molar-refractivity contribution in [1.82, 2.24) is 9.47 Å². The average molecular weight is 511 g/mol. The van der Waals surface area contributed by atoms with Gasteiger partial charge in [-0.05, 0) is 50.3 Å². The third-order valence-corrected chi connectivity index (χ3v) is 7.33. The van der Waals surface area contributed by atoms with Crippen molar-refractivity contribution < 1.29 is 23.7 Å². The third-order valence-electron chi connectivity index (χ3n) is 7.33. The Kier molecular flexibility index (Phi) is 6.08. The summed E-state index contributed by atoms with van der Waals surface area (Å²) in [6.07, 6.45) is 3.89. The number of aromatic nitrogens is 1. The van der Waals surface area contributed by atoms with Crippen LogP contribution in [0, 0.1) is 6.92 Å². The van der Waals surface area contributed by atoms with E-state index in [1.165, 1.54) is 0 Å². The zero-order valence-electron chi connectivity index (χ0n) is 22.0. The van der Waals surface area contributed by atoms with Crippen LogP contribution in [0.2, 0.25) is 0 Å². The number of hydrogen-bond donors (Lipinski definition) is 0. The fraction of sp³-hybridized carbons (Fsp3) is 0.258. The highest BCUT2D eigenvalue weighted by Crippen LogP contribution is 2.44. The zero-order valence-corrected chi connectivity index (χ0v) is 22.0. The van der Waals surface area contributed by atoms with Crippen LogP contribution in [0.4, 0.5) is 0 Å². The number of nitrogens with zero attached hydrogens (tertiary/aromatic N) is 2. The molecule has 6 rings (SSSR count). The highest BCUT2D eigenvalue weighted by atomic mass is 16.5. The van der Waals surface area contributed by atoms with Crippen LogP contribution in [0.5, 0.6) is 23.0 Å². The van der Waals surface area contributed by atoms with Crippen LogP contribution in [-0.4, -0.2) is 36.2 Å². The van der Waals surface area contributed by atoms with Crippen LogP contribution in [-0.2, 0) is 19.6 Å². The number of carbonyl (C=O) groups excluding carboxylic acids is 1. The van der Waals surface area contributed by atoms with Crippen molar-refractivity contribution in [3.05, 3.63) is 88.3 Å². The summed E-state index contributed by atoms with van der Waals surface area (Å²) in [5.74, 6) is 3.19. The van der Waals surface area contributed by atoms with Crippen molar-refractivity contribution in [3.8, 4) is 23.0 Å². The van der Waals surface area contributed by atoms with Gasteiger partial charge in [-0.1, -0.05) is 18.2 Å². The number of para-hydroxylation sites is 1. The number of ketones is 1. The Morgan fingerprint density at radius 2 is 1.89 bits per heavy atom. The highest BCUT2D eigenvalue weighted by molar-refractivity contribution is 6.15. The number of rotatable bonds is 6. The van der Waals surface area contributed by atoms with Gasteiger partial charge in [0.05, 0.1) is 19.8 Å². The Labute approximate surface area is 221 Å². The third kappa shape index (κ3) is 4.00. The molecule has 0 atom stereocenters. The number of ether oxygens (including phenoxy) is 4. The van der Waals surface area contributed by atoms with E-state index < -0.39 is 0 Å². The molecule has 0 N–H and O–H groups in total. The highest BCUT2D eigenvalue weighted by Gasteiger charge is 2.34. The maximum atomic E-state index is 13.5. The number of allylic oxidation sites excluding steroid dienone is 1. The second-order valence-corrected chi connectivity index (χ2v) is 9.63. The molecule has 3 aromatic carbocycles. The molecule has 194 valence electrons. The van der Waals surface area contributed by atoms with Gasteiger partial charge < -0.3 is 23.5 Å². The van der Waals surface area contributed by atoms with E-state index in [2.05, 4.69) is 22.5 Å². The predicted molar refractivity (Wildman–Crippen MR) is 146 cm³/mol. The molecule has 0 saturated heterocycles. The summed E-state index contributed by atoms with van der Waals surface area (Å²) < 4.78 is 25.5. The summed E-state index contributed by atoms with van der Waals surface area (Å²) in [4.78, 5) is 15.7. The van der Waals surface area contributed by atoms with E-state index in [1.807, 2.05) is 61.7 Å². The normalized spacial score (nSPS) is 15.8. The summed E-state index contributed by atoms with van der Waals surface area (Å²) in [6, 6.07) is 15.9. The van der Waals surface area contributed by atoms with E-state index in [-0.39, 0.29) is 5.78 Å². The van der Waals surface area contributed by atoms with Crippen molar-refractivity contribution in [2.24, 2.45) is 0 Å². The van der Waals surface area contributed by atoms with Crippen LogP contribution in [0.3, 0.4) is 0 Å². The molecule has 0 radical (unpaired) electrons. The van der Waals surface area contributed by atoms with Gasteiger partial charge in [-0.25, -0.2) is 0 Å². The summed E-state index contributed by atoms with van der Waals surface area (Å²) in [5, 5.41) is 1.01. The summed E-state index contributed by atoms with van der Waals surface area (Å²) in [6.45, 7) is 6.66. The lowest BCUT2D eigenvalue weighted by atomic mass is 9.99. The lowest BCUT2D eigenvalue weighted by Crippen LogP contribution is -2.32. The number of hydrogen-bond acceptors (Lipinski definition) is 6. The van der Waals surface area contributed by atoms with Gasteiger partial charge >= 0.3 is 0 Å². The van der Waals surface area contributed by atoms with E-state index in [0.29, 0.717) is 36.9 Å². The molecule has 2 aliphatic heterocycles. The fourth-order valence-electron chi connectivity index (χ4n) is 5.42. The monoisotopic (exact) mass is 510 g/mol. The molecule has 0 spiro atoms. The van der Waals surface area contributed by atoms with Crippen LogP contribution in [0.15, 0.2) is 60.5 Å².